The van der Waals surface area contributed by atoms with Gasteiger partial charge in [0.2, 0.25) is 0 Å². The Morgan fingerprint density at radius 2 is 1.88 bits per heavy atom. The van der Waals surface area contributed by atoms with Gasteiger partial charge >= 0.3 is 12.0 Å². The van der Waals surface area contributed by atoms with Crippen LogP contribution < -0.4 is 15.5 Å². The zero-order valence-electron chi connectivity index (χ0n) is 18.2. The summed E-state index contributed by atoms with van der Waals surface area (Å²) in [7, 11) is 3.08. The normalized spacial score (nSPS) is 10.6. The molecule has 0 aliphatic rings. The molecule has 8 nitrogen and oxygen atoms in total. The van der Waals surface area contributed by atoms with Crippen LogP contribution in [0, 0.1) is 0 Å². The number of para-hydroxylation sites is 2. The van der Waals surface area contributed by atoms with Gasteiger partial charge in [-0.05, 0) is 31.2 Å². The Kier molecular flexibility index (Phi) is 7.30. The van der Waals surface area contributed by atoms with Gasteiger partial charge in [-0.3, -0.25) is 9.69 Å². The maximum absolute atomic E-state index is 13.2. The molecule has 3 amide bonds. The van der Waals surface area contributed by atoms with E-state index in [-0.39, 0.29) is 34.5 Å². The van der Waals surface area contributed by atoms with Gasteiger partial charge in [0.05, 0.1) is 23.0 Å². The van der Waals surface area contributed by atoms with Gasteiger partial charge < -0.3 is 20.4 Å². The minimum Gasteiger partial charge on any atom is -0.461 e. The number of rotatable bonds is 6. The van der Waals surface area contributed by atoms with Crippen LogP contribution in [-0.2, 0) is 9.53 Å². The number of halogens is 2. The van der Waals surface area contributed by atoms with Crippen LogP contribution in [0.15, 0.2) is 43.0 Å². The van der Waals surface area contributed by atoms with E-state index < -0.39 is 11.9 Å². The van der Waals surface area contributed by atoms with Crippen molar-refractivity contribution in [3.63, 3.8) is 0 Å². The molecular weight excluding hydrogens is 467 g/mol. The summed E-state index contributed by atoms with van der Waals surface area (Å²) in [6, 6.07) is 9.52. The Bertz CT molecular complexity index is 1270. The molecule has 0 saturated carbocycles. The van der Waals surface area contributed by atoms with E-state index in [0.717, 1.165) is 0 Å². The van der Waals surface area contributed by atoms with Gasteiger partial charge in [-0.25, -0.2) is 9.59 Å². The zero-order valence-corrected chi connectivity index (χ0v) is 19.7. The summed E-state index contributed by atoms with van der Waals surface area (Å²) in [5.74, 6) is -1.25. The molecule has 3 rings (SSSR count). The number of hydrogen-bond acceptors (Lipinski definition) is 4. The minimum atomic E-state index is -0.662. The van der Waals surface area contributed by atoms with Gasteiger partial charge in [0, 0.05) is 41.2 Å². The largest absolute Gasteiger partial charge is 0.461 e. The fourth-order valence-corrected chi connectivity index (χ4v) is 3.95. The maximum atomic E-state index is 13.2. The Morgan fingerprint density at radius 3 is 2.55 bits per heavy atom. The summed E-state index contributed by atoms with van der Waals surface area (Å²) in [5, 5.41) is 6.30. The van der Waals surface area contributed by atoms with Gasteiger partial charge in [-0.15, -0.1) is 0 Å². The molecule has 0 aliphatic heterocycles. The van der Waals surface area contributed by atoms with Crippen molar-refractivity contribution in [1.29, 1.82) is 0 Å². The number of anilines is 2. The number of benzene rings is 2. The lowest BCUT2D eigenvalue weighted by molar-refractivity contribution is -0.111. The first kappa shape index (κ1) is 24.2. The second kappa shape index (κ2) is 9.97. The molecule has 0 radical (unpaired) electrons. The number of carbonyl (C=O) groups is 3. The highest BCUT2D eigenvalue weighted by Crippen LogP contribution is 2.37. The topological polar surface area (TPSA) is 104 Å². The molecule has 1 heterocycles. The quantitative estimate of drug-likeness (QED) is 0.332. The minimum absolute atomic E-state index is 0.0223. The van der Waals surface area contributed by atoms with Crippen LogP contribution in [0.5, 0.6) is 0 Å². The van der Waals surface area contributed by atoms with Crippen LogP contribution in [0.3, 0.4) is 0 Å². The van der Waals surface area contributed by atoms with Crippen LogP contribution in [0.25, 0.3) is 16.5 Å². The molecule has 3 aromatic rings. The summed E-state index contributed by atoms with van der Waals surface area (Å²) in [6.07, 6.45) is 0. The van der Waals surface area contributed by atoms with Gasteiger partial charge in [-0.1, -0.05) is 41.9 Å². The number of nitrogens with one attached hydrogen (secondary N) is 3. The molecule has 172 valence electrons. The van der Waals surface area contributed by atoms with Crippen LogP contribution in [0.4, 0.5) is 16.2 Å². The van der Waals surface area contributed by atoms with Crippen molar-refractivity contribution >= 4 is 69.0 Å². The van der Waals surface area contributed by atoms with Gasteiger partial charge in [0.15, 0.2) is 0 Å². The van der Waals surface area contributed by atoms with E-state index >= 15 is 0 Å². The van der Waals surface area contributed by atoms with Crippen molar-refractivity contribution in [2.45, 2.75) is 6.92 Å². The number of nitrogens with zero attached hydrogens (tertiary/aromatic N) is 1. The van der Waals surface area contributed by atoms with Crippen LogP contribution in [-0.4, -0.2) is 43.6 Å². The molecule has 0 unspecified atom stereocenters. The lowest BCUT2D eigenvalue weighted by atomic mass is 10.0. The van der Waals surface area contributed by atoms with E-state index in [0.29, 0.717) is 27.3 Å². The Labute approximate surface area is 200 Å². The average molecular weight is 489 g/mol. The lowest BCUT2D eigenvalue weighted by Crippen LogP contribution is -2.35. The van der Waals surface area contributed by atoms with Crippen LogP contribution in [0.1, 0.15) is 23.0 Å². The standard InChI is InChI=1S/C23H22Cl2N4O4/c1-5-33-22(31)20-18(19-14(25)10-13(24)11-16(19)27-20)12(2)21(30)28-15-8-6-7-9-17(15)29(4)23(32)26-3/h6-11,27H,2,5H2,1,3-4H3,(H,26,32)(H,28,30). The number of fused-ring (bicyclic) bond motifs is 1. The Hall–Kier alpha value is -3.49. The number of aromatic amines is 1. The van der Waals surface area contributed by atoms with E-state index in [4.69, 9.17) is 27.9 Å². The number of esters is 1. The number of aromatic nitrogens is 1. The molecule has 0 aliphatic carbocycles. The third kappa shape index (κ3) is 4.81. The van der Waals surface area contributed by atoms with E-state index in [2.05, 4.69) is 22.2 Å². The van der Waals surface area contributed by atoms with Crippen molar-refractivity contribution < 1.29 is 19.1 Å². The molecule has 0 fully saturated rings. The Morgan fingerprint density at radius 1 is 1.18 bits per heavy atom. The molecule has 3 N–H and O–H groups in total. The number of urea groups is 1. The number of carbonyl (C=O) groups excluding carboxylic acids is 3. The number of ether oxygens (including phenoxy) is 1. The van der Waals surface area contributed by atoms with Crippen LogP contribution >= 0.6 is 23.2 Å². The SMILES string of the molecule is C=C(C(=O)Nc1ccccc1N(C)C(=O)NC)c1c(C(=O)OCC)[nH]c2cc(Cl)cc(Cl)c12. The highest BCUT2D eigenvalue weighted by molar-refractivity contribution is 6.41. The predicted molar refractivity (Wildman–Crippen MR) is 131 cm³/mol. The molecular formula is C23H22Cl2N4O4. The van der Waals surface area contributed by atoms with Gasteiger partial charge in [0.1, 0.15) is 5.69 Å². The molecule has 10 heteroatoms. The maximum Gasteiger partial charge on any atom is 0.355 e. The third-order valence-corrected chi connectivity index (χ3v) is 5.42. The fraction of sp³-hybridized carbons (Fsp3) is 0.174. The number of hydrogen-bond donors (Lipinski definition) is 3. The summed E-state index contributed by atoms with van der Waals surface area (Å²) >= 11 is 12.5. The average Bonchev–Trinajstić information content (AvgIpc) is 3.17. The second-order valence-electron chi connectivity index (χ2n) is 6.97. The zero-order chi connectivity index (χ0) is 24.3. The van der Waals surface area contributed by atoms with E-state index in [1.807, 2.05) is 0 Å². The molecule has 0 atom stereocenters. The van der Waals surface area contributed by atoms with Crippen molar-refractivity contribution in [1.82, 2.24) is 10.3 Å². The van der Waals surface area contributed by atoms with E-state index in [9.17, 15) is 14.4 Å². The molecule has 33 heavy (non-hydrogen) atoms. The molecule has 0 spiro atoms. The lowest BCUT2D eigenvalue weighted by Gasteiger charge is -2.20. The molecule has 1 aromatic heterocycles. The third-order valence-electron chi connectivity index (χ3n) is 4.90. The fourth-order valence-electron chi connectivity index (χ4n) is 3.37. The first-order valence-electron chi connectivity index (χ1n) is 9.92. The van der Waals surface area contributed by atoms with Crippen molar-refractivity contribution in [3.8, 4) is 0 Å². The summed E-state index contributed by atoms with van der Waals surface area (Å²) in [6.45, 7) is 5.72. The summed E-state index contributed by atoms with van der Waals surface area (Å²) < 4.78 is 5.14. The summed E-state index contributed by atoms with van der Waals surface area (Å²) in [4.78, 5) is 42.2. The van der Waals surface area contributed by atoms with Crippen molar-refractivity contribution in [3.05, 3.63) is 64.3 Å². The summed E-state index contributed by atoms with van der Waals surface area (Å²) in [5.41, 5.74) is 1.52. The first-order chi connectivity index (χ1) is 15.7. The van der Waals surface area contributed by atoms with Crippen molar-refractivity contribution in [2.24, 2.45) is 0 Å². The second-order valence-corrected chi connectivity index (χ2v) is 7.81. The highest BCUT2D eigenvalue weighted by Gasteiger charge is 2.26. The number of H-pyrrole nitrogens is 1. The smallest absolute Gasteiger partial charge is 0.355 e. The van der Waals surface area contributed by atoms with Crippen molar-refractivity contribution in [2.75, 3.05) is 30.9 Å². The molecule has 0 saturated heterocycles. The molecule has 2 aromatic carbocycles. The van der Waals surface area contributed by atoms with Gasteiger partial charge in [0.25, 0.3) is 5.91 Å². The highest BCUT2D eigenvalue weighted by atomic mass is 35.5. The first-order valence-corrected chi connectivity index (χ1v) is 10.7. The van der Waals surface area contributed by atoms with Gasteiger partial charge in [-0.2, -0.15) is 0 Å². The predicted octanol–water partition coefficient (Wildman–Crippen LogP) is 5.08. The number of amides is 3. The van der Waals surface area contributed by atoms with E-state index in [1.165, 1.54) is 18.0 Å². The molecule has 0 bridgehead atoms. The van der Waals surface area contributed by atoms with E-state index in [1.54, 1.807) is 44.3 Å². The monoisotopic (exact) mass is 488 g/mol. The Balaban J connectivity index is 2.05. The van der Waals surface area contributed by atoms with Crippen LogP contribution in [0.2, 0.25) is 10.0 Å².